The van der Waals surface area contributed by atoms with Gasteiger partial charge >= 0.3 is 0 Å². The molecule has 0 aliphatic rings. The monoisotopic (exact) mass is 157 g/mol. The molecule has 0 bridgehead atoms. The quantitative estimate of drug-likeness (QED) is 0.430. The van der Waals surface area contributed by atoms with Crippen molar-refractivity contribution < 1.29 is 14.3 Å². The van der Waals surface area contributed by atoms with Crippen molar-refractivity contribution in [1.29, 1.82) is 5.26 Å². The predicted octanol–water partition coefficient (Wildman–Crippen LogP) is 0.478. The first kappa shape index (κ1) is 10.1. The number of hydrogen-bond acceptors (Lipinski definition) is 4. The number of nitriles is 1. The van der Waals surface area contributed by atoms with Crippen LogP contribution in [-0.4, -0.2) is 25.3 Å². The summed E-state index contributed by atoms with van der Waals surface area (Å²) in [6.07, 6.45) is -1.00. The standard InChI is InChI=1S/C7H11NO3/c1-3-10-7(11-4-2)6(9)5-8/h7H,3-4H2,1-2H3. The number of ether oxygens (including phenoxy) is 2. The Hall–Kier alpha value is -0.920. The highest BCUT2D eigenvalue weighted by molar-refractivity contribution is 5.96. The van der Waals surface area contributed by atoms with E-state index in [0.29, 0.717) is 13.2 Å². The molecule has 0 radical (unpaired) electrons. The van der Waals surface area contributed by atoms with Gasteiger partial charge in [0, 0.05) is 13.2 Å². The number of carbonyl (C=O) groups excluding carboxylic acids is 1. The van der Waals surface area contributed by atoms with E-state index in [2.05, 4.69) is 0 Å². The van der Waals surface area contributed by atoms with Crippen LogP contribution in [0.3, 0.4) is 0 Å². The van der Waals surface area contributed by atoms with E-state index in [1.165, 1.54) is 6.07 Å². The normalized spacial score (nSPS) is 9.64. The van der Waals surface area contributed by atoms with Gasteiger partial charge in [0.15, 0.2) is 0 Å². The van der Waals surface area contributed by atoms with Crippen molar-refractivity contribution in [2.45, 2.75) is 20.1 Å². The number of rotatable bonds is 5. The van der Waals surface area contributed by atoms with E-state index < -0.39 is 12.1 Å². The molecule has 0 saturated carbocycles. The van der Waals surface area contributed by atoms with Crippen molar-refractivity contribution in [3.05, 3.63) is 0 Å². The van der Waals surface area contributed by atoms with Crippen LogP contribution in [-0.2, 0) is 14.3 Å². The average Bonchev–Trinajstić information content (AvgIpc) is 2.03. The Bertz CT molecular complexity index is 156. The molecule has 0 heterocycles. The van der Waals surface area contributed by atoms with Crippen LogP contribution in [0.1, 0.15) is 13.8 Å². The molecule has 0 saturated heterocycles. The van der Waals surface area contributed by atoms with Gasteiger partial charge in [0.2, 0.25) is 6.29 Å². The second-order valence-electron chi connectivity index (χ2n) is 1.72. The summed E-state index contributed by atoms with van der Waals surface area (Å²) in [7, 11) is 0. The van der Waals surface area contributed by atoms with Crippen LogP contribution < -0.4 is 0 Å². The zero-order valence-electron chi connectivity index (χ0n) is 6.66. The lowest BCUT2D eigenvalue weighted by Gasteiger charge is -2.10. The van der Waals surface area contributed by atoms with Crippen molar-refractivity contribution in [3.8, 4) is 6.07 Å². The zero-order chi connectivity index (χ0) is 8.69. The summed E-state index contributed by atoms with van der Waals surface area (Å²) in [5, 5.41) is 8.20. The highest BCUT2D eigenvalue weighted by atomic mass is 16.7. The van der Waals surface area contributed by atoms with E-state index in [0.717, 1.165) is 0 Å². The Labute approximate surface area is 65.7 Å². The van der Waals surface area contributed by atoms with Gasteiger partial charge in [0.1, 0.15) is 6.07 Å². The lowest BCUT2D eigenvalue weighted by Crippen LogP contribution is -2.26. The van der Waals surface area contributed by atoms with Gasteiger partial charge in [0.05, 0.1) is 0 Å². The maximum Gasteiger partial charge on any atom is 0.287 e. The fourth-order valence-electron chi connectivity index (χ4n) is 0.555. The molecule has 0 spiro atoms. The Morgan fingerprint density at radius 2 is 1.91 bits per heavy atom. The minimum absolute atomic E-state index is 0.359. The minimum Gasteiger partial charge on any atom is -0.345 e. The molecule has 62 valence electrons. The second-order valence-corrected chi connectivity index (χ2v) is 1.72. The molecule has 0 aromatic rings. The third-order valence-corrected chi connectivity index (χ3v) is 0.960. The van der Waals surface area contributed by atoms with Crippen molar-refractivity contribution in [1.82, 2.24) is 0 Å². The fourth-order valence-corrected chi connectivity index (χ4v) is 0.555. The van der Waals surface area contributed by atoms with Crippen LogP contribution in [0.2, 0.25) is 0 Å². The predicted molar refractivity (Wildman–Crippen MR) is 37.7 cm³/mol. The van der Waals surface area contributed by atoms with E-state index in [1.807, 2.05) is 0 Å². The van der Waals surface area contributed by atoms with E-state index in [4.69, 9.17) is 14.7 Å². The molecular formula is C7H11NO3. The summed E-state index contributed by atoms with van der Waals surface area (Å²) in [5.74, 6) is -0.686. The van der Waals surface area contributed by atoms with E-state index >= 15 is 0 Å². The first-order valence-corrected chi connectivity index (χ1v) is 3.43. The molecule has 4 heteroatoms. The topological polar surface area (TPSA) is 59.3 Å². The Morgan fingerprint density at radius 3 is 2.18 bits per heavy atom. The molecule has 0 aromatic carbocycles. The van der Waals surface area contributed by atoms with Crippen LogP contribution in [0.4, 0.5) is 0 Å². The molecule has 0 aliphatic carbocycles. The average molecular weight is 157 g/mol. The third kappa shape index (κ3) is 3.71. The lowest BCUT2D eigenvalue weighted by molar-refractivity contribution is -0.162. The fraction of sp³-hybridized carbons (Fsp3) is 0.714. The highest BCUT2D eigenvalue weighted by Crippen LogP contribution is 1.95. The molecule has 0 amide bonds. The number of nitrogens with zero attached hydrogens (tertiary/aromatic N) is 1. The molecule has 0 aliphatic heterocycles. The smallest absolute Gasteiger partial charge is 0.287 e. The number of hydrogen-bond donors (Lipinski definition) is 0. The minimum atomic E-state index is -1.00. The third-order valence-electron chi connectivity index (χ3n) is 0.960. The Balaban J connectivity index is 3.89. The summed E-state index contributed by atoms with van der Waals surface area (Å²) in [6, 6.07) is 1.45. The summed E-state index contributed by atoms with van der Waals surface area (Å²) < 4.78 is 9.68. The molecule has 0 atom stereocenters. The van der Waals surface area contributed by atoms with Gasteiger partial charge in [-0.25, -0.2) is 0 Å². The highest BCUT2D eigenvalue weighted by Gasteiger charge is 2.17. The van der Waals surface area contributed by atoms with Crippen LogP contribution in [0.5, 0.6) is 0 Å². The first-order valence-electron chi connectivity index (χ1n) is 3.43. The summed E-state index contributed by atoms with van der Waals surface area (Å²) in [6.45, 7) is 4.18. The zero-order valence-corrected chi connectivity index (χ0v) is 6.66. The molecule has 11 heavy (non-hydrogen) atoms. The van der Waals surface area contributed by atoms with Crippen molar-refractivity contribution in [2.75, 3.05) is 13.2 Å². The van der Waals surface area contributed by atoms with Gasteiger partial charge in [-0.15, -0.1) is 0 Å². The maximum atomic E-state index is 10.7. The molecular weight excluding hydrogens is 146 g/mol. The molecule has 0 rings (SSSR count). The Morgan fingerprint density at radius 1 is 1.45 bits per heavy atom. The maximum absolute atomic E-state index is 10.7. The first-order chi connectivity index (χ1) is 5.26. The molecule has 4 nitrogen and oxygen atoms in total. The number of carbonyl (C=O) groups is 1. The van der Waals surface area contributed by atoms with Gasteiger partial charge in [-0.3, -0.25) is 4.79 Å². The summed E-state index contributed by atoms with van der Waals surface area (Å²) in [5.41, 5.74) is 0. The summed E-state index contributed by atoms with van der Waals surface area (Å²) >= 11 is 0. The van der Waals surface area contributed by atoms with Crippen molar-refractivity contribution in [3.63, 3.8) is 0 Å². The molecule has 0 fully saturated rings. The SMILES string of the molecule is CCOC(OCC)C(=O)C#N. The van der Waals surface area contributed by atoms with Gasteiger partial charge in [-0.05, 0) is 13.8 Å². The number of ketones is 1. The van der Waals surface area contributed by atoms with Crippen LogP contribution >= 0.6 is 0 Å². The molecule has 0 aromatic heterocycles. The van der Waals surface area contributed by atoms with Crippen LogP contribution in [0, 0.1) is 11.3 Å². The van der Waals surface area contributed by atoms with Crippen molar-refractivity contribution >= 4 is 5.78 Å². The Kier molecular flexibility index (Phi) is 5.35. The van der Waals surface area contributed by atoms with Crippen molar-refractivity contribution in [2.24, 2.45) is 0 Å². The van der Waals surface area contributed by atoms with Crippen LogP contribution in [0.25, 0.3) is 0 Å². The van der Waals surface area contributed by atoms with E-state index in [1.54, 1.807) is 13.8 Å². The van der Waals surface area contributed by atoms with Gasteiger partial charge in [-0.1, -0.05) is 0 Å². The van der Waals surface area contributed by atoms with Crippen LogP contribution in [0.15, 0.2) is 0 Å². The molecule has 0 unspecified atom stereocenters. The van der Waals surface area contributed by atoms with E-state index in [9.17, 15) is 4.79 Å². The largest absolute Gasteiger partial charge is 0.345 e. The molecule has 0 N–H and O–H groups in total. The second kappa shape index (κ2) is 5.83. The van der Waals surface area contributed by atoms with Gasteiger partial charge in [0.25, 0.3) is 5.78 Å². The van der Waals surface area contributed by atoms with Gasteiger partial charge in [-0.2, -0.15) is 5.26 Å². The number of Topliss-reactive ketones (excluding diaryl/α,β-unsaturated/α-hetero) is 1. The van der Waals surface area contributed by atoms with Gasteiger partial charge < -0.3 is 9.47 Å². The summed E-state index contributed by atoms with van der Waals surface area (Å²) in [4.78, 5) is 10.7. The lowest BCUT2D eigenvalue weighted by atomic mass is 10.4. The van der Waals surface area contributed by atoms with E-state index in [-0.39, 0.29) is 0 Å².